The minimum atomic E-state index is -0.680. The smallest absolute Gasteiger partial charge is 0.330 e. The monoisotopic (exact) mass is 420 g/mol. The Labute approximate surface area is 174 Å². The highest BCUT2D eigenvalue weighted by Gasteiger charge is 2.24. The summed E-state index contributed by atoms with van der Waals surface area (Å²) in [5, 5.41) is 0. The number of nitrogen functional groups attached to an aromatic ring is 1. The van der Waals surface area contributed by atoms with E-state index in [0.717, 1.165) is 16.0 Å². The quantitative estimate of drug-likeness (QED) is 0.600. The van der Waals surface area contributed by atoms with E-state index >= 15 is 0 Å². The van der Waals surface area contributed by atoms with E-state index in [1.54, 1.807) is 0 Å². The van der Waals surface area contributed by atoms with Crippen LogP contribution in [0.4, 0.5) is 11.5 Å². The molecule has 8 nitrogen and oxygen atoms in total. The molecule has 0 bridgehead atoms. The lowest BCUT2D eigenvalue weighted by Gasteiger charge is -2.24. The number of nitrogens with one attached hydrogen (secondary N) is 1. The van der Waals surface area contributed by atoms with E-state index < -0.39 is 11.2 Å². The molecule has 1 heterocycles. The minimum Gasteiger partial charge on any atom is -0.383 e. The van der Waals surface area contributed by atoms with Crippen LogP contribution in [0.25, 0.3) is 0 Å². The van der Waals surface area contributed by atoms with Crippen LogP contribution in [0, 0.1) is 13.8 Å². The molecule has 0 aliphatic heterocycles. The number of hydrogen-bond acceptors (Lipinski definition) is 6. The number of thioether (sulfide) groups is 1. The third-order valence-corrected chi connectivity index (χ3v) is 5.59. The van der Waals surface area contributed by atoms with Crippen LogP contribution in [0.2, 0.25) is 0 Å². The molecule has 2 rings (SSSR count). The molecule has 158 valence electrons. The van der Waals surface area contributed by atoms with Crippen LogP contribution in [0.1, 0.15) is 24.5 Å². The Balaban J connectivity index is 2.37. The van der Waals surface area contributed by atoms with E-state index in [0.29, 0.717) is 13.0 Å². The summed E-state index contributed by atoms with van der Waals surface area (Å²) in [6, 6.07) is 6.05. The number of carbonyl (C=O) groups excluding carboxylic acids is 1. The summed E-state index contributed by atoms with van der Waals surface area (Å²) in [6.45, 7) is 6.60. The molecule has 0 unspecified atom stereocenters. The van der Waals surface area contributed by atoms with Crippen LogP contribution in [-0.4, -0.2) is 41.5 Å². The first-order valence-corrected chi connectivity index (χ1v) is 10.4. The standard InChI is InChI=1S/C20H28N4O4S/c1-5-8-24-18(21)17(19(26)22-20(24)27)23(9-10-28-4)16(25)12-29-15-11-13(2)6-7-14(15)3/h6-7,11H,5,8-10,12,21H2,1-4H3,(H,22,26,27). The number of H-pyrrole nitrogens is 1. The van der Waals surface area contributed by atoms with Gasteiger partial charge in [-0.05, 0) is 31.9 Å². The molecule has 0 atom stereocenters. The number of hydrogen-bond donors (Lipinski definition) is 2. The Morgan fingerprint density at radius 3 is 2.69 bits per heavy atom. The van der Waals surface area contributed by atoms with Gasteiger partial charge in [-0.25, -0.2) is 4.79 Å². The molecule has 29 heavy (non-hydrogen) atoms. The average molecular weight is 421 g/mol. The summed E-state index contributed by atoms with van der Waals surface area (Å²) < 4.78 is 6.38. The van der Waals surface area contributed by atoms with Gasteiger partial charge in [0, 0.05) is 25.1 Å². The molecule has 1 aromatic heterocycles. The first-order valence-electron chi connectivity index (χ1n) is 9.42. The molecule has 3 N–H and O–H groups in total. The highest BCUT2D eigenvalue weighted by Crippen LogP contribution is 2.25. The van der Waals surface area contributed by atoms with E-state index in [2.05, 4.69) is 4.98 Å². The third-order valence-electron chi connectivity index (χ3n) is 4.45. The third kappa shape index (κ3) is 5.51. The van der Waals surface area contributed by atoms with Crippen LogP contribution in [0.5, 0.6) is 0 Å². The lowest BCUT2D eigenvalue weighted by molar-refractivity contribution is -0.116. The van der Waals surface area contributed by atoms with Gasteiger partial charge in [0.25, 0.3) is 5.56 Å². The molecule has 1 amide bonds. The number of ether oxygens (including phenoxy) is 1. The summed E-state index contributed by atoms with van der Waals surface area (Å²) in [6.07, 6.45) is 0.657. The largest absolute Gasteiger partial charge is 0.383 e. The van der Waals surface area contributed by atoms with Gasteiger partial charge in [-0.2, -0.15) is 0 Å². The molecule has 2 aromatic rings. The van der Waals surface area contributed by atoms with Gasteiger partial charge in [0.15, 0.2) is 5.69 Å². The Morgan fingerprint density at radius 1 is 1.31 bits per heavy atom. The van der Waals surface area contributed by atoms with Crippen molar-refractivity contribution in [3.05, 3.63) is 50.2 Å². The number of nitrogens with zero attached hydrogens (tertiary/aromatic N) is 2. The van der Waals surface area contributed by atoms with Crippen molar-refractivity contribution in [1.29, 1.82) is 0 Å². The van der Waals surface area contributed by atoms with E-state index in [1.165, 1.54) is 28.3 Å². The number of benzene rings is 1. The number of methoxy groups -OCH3 is 1. The van der Waals surface area contributed by atoms with Crippen molar-refractivity contribution in [2.45, 2.75) is 38.6 Å². The van der Waals surface area contributed by atoms with Crippen molar-refractivity contribution in [1.82, 2.24) is 9.55 Å². The van der Waals surface area contributed by atoms with Crippen LogP contribution < -0.4 is 21.9 Å². The fourth-order valence-corrected chi connectivity index (χ4v) is 3.91. The number of rotatable bonds is 9. The van der Waals surface area contributed by atoms with E-state index in [-0.39, 0.29) is 36.3 Å². The molecular weight excluding hydrogens is 392 g/mol. The van der Waals surface area contributed by atoms with Crippen molar-refractivity contribution in [3.63, 3.8) is 0 Å². The van der Waals surface area contributed by atoms with Gasteiger partial charge in [0.2, 0.25) is 5.91 Å². The fraction of sp³-hybridized carbons (Fsp3) is 0.450. The predicted molar refractivity (Wildman–Crippen MR) is 117 cm³/mol. The zero-order valence-corrected chi connectivity index (χ0v) is 18.1. The summed E-state index contributed by atoms with van der Waals surface area (Å²) in [5.41, 5.74) is 7.04. The molecule has 0 fully saturated rings. The van der Waals surface area contributed by atoms with Crippen molar-refractivity contribution >= 4 is 29.2 Å². The maximum absolute atomic E-state index is 13.0. The second-order valence-electron chi connectivity index (χ2n) is 6.74. The molecule has 0 saturated heterocycles. The van der Waals surface area contributed by atoms with Gasteiger partial charge >= 0.3 is 5.69 Å². The van der Waals surface area contributed by atoms with Gasteiger partial charge in [0.1, 0.15) is 5.82 Å². The molecule has 0 spiro atoms. The minimum absolute atomic E-state index is 0.0122. The van der Waals surface area contributed by atoms with Gasteiger partial charge < -0.3 is 15.4 Å². The van der Waals surface area contributed by atoms with Crippen LogP contribution >= 0.6 is 11.8 Å². The second-order valence-corrected chi connectivity index (χ2v) is 7.76. The zero-order valence-electron chi connectivity index (χ0n) is 17.3. The first-order chi connectivity index (χ1) is 13.8. The van der Waals surface area contributed by atoms with Crippen molar-refractivity contribution < 1.29 is 9.53 Å². The molecule has 0 radical (unpaired) electrons. The summed E-state index contributed by atoms with van der Waals surface area (Å²) in [5.74, 6) is -0.173. The number of aromatic nitrogens is 2. The Bertz CT molecular complexity index is 983. The van der Waals surface area contributed by atoms with Gasteiger partial charge in [-0.15, -0.1) is 11.8 Å². The average Bonchev–Trinajstić information content (AvgIpc) is 2.68. The molecule has 0 aliphatic rings. The van der Waals surface area contributed by atoms with Gasteiger partial charge in [0.05, 0.1) is 12.4 Å². The molecule has 0 aliphatic carbocycles. The summed E-state index contributed by atoms with van der Waals surface area (Å²) >= 11 is 1.40. The molecule has 0 saturated carbocycles. The van der Waals surface area contributed by atoms with Crippen LogP contribution in [-0.2, 0) is 16.1 Å². The maximum atomic E-state index is 13.0. The van der Waals surface area contributed by atoms with Crippen LogP contribution in [0.3, 0.4) is 0 Å². The molecule has 9 heteroatoms. The maximum Gasteiger partial charge on any atom is 0.330 e. The van der Waals surface area contributed by atoms with Crippen molar-refractivity contribution in [2.24, 2.45) is 0 Å². The highest BCUT2D eigenvalue weighted by atomic mass is 32.2. The summed E-state index contributed by atoms with van der Waals surface area (Å²) in [4.78, 5) is 42.2. The first kappa shape index (κ1) is 22.8. The second kappa shape index (κ2) is 10.3. The normalized spacial score (nSPS) is 10.9. The van der Waals surface area contributed by atoms with Crippen molar-refractivity contribution in [3.8, 4) is 0 Å². The number of aryl methyl sites for hydroxylation is 2. The number of aromatic amines is 1. The van der Waals surface area contributed by atoms with Crippen LogP contribution in [0.15, 0.2) is 32.7 Å². The number of nitrogens with two attached hydrogens (primary N) is 1. The highest BCUT2D eigenvalue weighted by molar-refractivity contribution is 8.00. The molecule has 1 aromatic carbocycles. The fourth-order valence-electron chi connectivity index (χ4n) is 2.91. The Hall–Kier alpha value is -2.52. The SMILES string of the molecule is CCCn1c(N)c(N(CCOC)C(=O)CSc2cc(C)ccc2C)c(=O)[nH]c1=O. The predicted octanol–water partition coefficient (Wildman–Crippen LogP) is 1.92. The Kier molecular flexibility index (Phi) is 8.10. The van der Waals surface area contributed by atoms with Gasteiger partial charge in [-0.3, -0.25) is 19.1 Å². The van der Waals surface area contributed by atoms with E-state index in [4.69, 9.17) is 10.5 Å². The summed E-state index contributed by atoms with van der Waals surface area (Å²) in [7, 11) is 1.51. The lowest BCUT2D eigenvalue weighted by Crippen LogP contribution is -2.43. The Morgan fingerprint density at radius 2 is 2.03 bits per heavy atom. The topological polar surface area (TPSA) is 110 Å². The van der Waals surface area contributed by atoms with Gasteiger partial charge in [-0.1, -0.05) is 24.6 Å². The van der Waals surface area contributed by atoms with Crippen molar-refractivity contribution in [2.75, 3.05) is 36.6 Å². The lowest BCUT2D eigenvalue weighted by atomic mass is 10.2. The molecular formula is C20H28N4O4S. The number of amides is 1. The van der Waals surface area contributed by atoms with E-state index in [1.807, 2.05) is 39.0 Å². The number of anilines is 2. The van der Waals surface area contributed by atoms with E-state index in [9.17, 15) is 14.4 Å². The zero-order chi connectivity index (χ0) is 21.6. The number of carbonyl (C=O) groups is 1.